The summed E-state index contributed by atoms with van der Waals surface area (Å²) in [6, 6.07) is 7.59. The number of benzene rings is 1. The molecule has 100 valence electrons. The number of hydrogen-bond donors (Lipinski definition) is 0. The number of nitrogens with zero attached hydrogens (tertiary/aromatic N) is 2. The Labute approximate surface area is 120 Å². The highest BCUT2D eigenvalue weighted by molar-refractivity contribution is 9.10. The topological polar surface area (TPSA) is 35.0 Å². The van der Waals surface area contributed by atoms with E-state index in [1.54, 1.807) is 18.2 Å². The maximum Gasteiger partial charge on any atom is 0.223 e. The molecular formula is C14H14BrFN2O. The van der Waals surface area contributed by atoms with Crippen LogP contribution in [0.2, 0.25) is 0 Å². The molecule has 0 saturated heterocycles. The molecule has 0 spiro atoms. The number of halogens is 2. The number of ether oxygens (including phenoxy) is 1. The van der Waals surface area contributed by atoms with Crippen LogP contribution in [0.4, 0.5) is 4.39 Å². The fourth-order valence-electron chi connectivity index (χ4n) is 1.44. The molecule has 0 unspecified atom stereocenters. The Hall–Kier alpha value is -1.49. The maximum atomic E-state index is 13.1. The van der Waals surface area contributed by atoms with E-state index in [4.69, 9.17) is 4.74 Å². The third-order valence-corrected chi connectivity index (χ3v) is 2.77. The van der Waals surface area contributed by atoms with E-state index in [1.165, 1.54) is 12.1 Å². The number of aromatic nitrogens is 2. The fourth-order valence-corrected chi connectivity index (χ4v) is 1.80. The average molecular weight is 325 g/mol. The monoisotopic (exact) mass is 324 g/mol. The lowest BCUT2D eigenvalue weighted by atomic mass is 9.96. The summed E-state index contributed by atoms with van der Waals surface area (Å²) in [5.74, 6) is 1.11. The molecule has 1 aromatic heterocycles. The van der Waals surface area contributed by atoms with Gasteiger partial charge in [0.2, 0.25) is 5.88 Å². The summed E-state index contributed by atoms with van der Waals surface area (Å²) in [4.78, 5) is 8.66. The minimum Gasteiger partial charge on any atom is -0.439 e. The highest BCUT2D eigenvalue weighted by atomic mass is 79.9. The van der Waals surface area contributed by atoms with Crippen LogP contribution in [0, 0.1) is 5.82 Å². The highest BCUT2D eigenvalue weighted by Gasteiger charge is 2.19. The molecule has 1 heterocycles. The lowest BCUT2D eigenvalue weighted by Gasteiger charge is -2.17. The van der Waals surface area contributed by atoms with Gasteiger partial charge in [0.05, 0.1) is 0 Å². The third kappa shape index (κ3) is 3.73. The third-order valence-electron chi connectivity index (χ3n) is 2.36. The van der Waals surface area contributed by atoms with E-state index in [0.717, 1.165) is 0 Å². The van der Waals surface area contributed by atoms with Crippen LogP contribution in [0.1, 0.15) is 26.6 Å². The van der Waals surface area contributed by atoms with Gasteiger partial charge in [-0.3, -0.25) is 0 Å². The van der Waals surface area contributed by atoms with Gasteiger partial charge in [-0.2, -0.15) is 4.98 Å². The minimum absolute atomic E-state index is 0.191. The molecule has 5 heteroatoms. The van der Waals surface area contributed by atoms with Crippen LogP contribution in [0.15, 0.2) is 34.9 Å². The normalized spacial score (nSPS) is 11.4. The Morgan fingerprint density at radius 2 is 1.89 bits per heavy atom. The second kappa shape index (κ2) is 5.25. The van der Waals surface area contributed by atoms with Crippen molar-refractivity contribution in [2.75, 3.05) is 0 Å². The summed E-state index contributed by atoms with van der Waals surface area (Å²) in [6.45, 7) is 6.04. The van der Waals surface area contributed by atoms with Gasteiger partial charge in [0, 0.05) is 17.5 Å². The second-order valence-electron chi connectivity index (χ2n) is 5.16. The standard InChI is InChI=1S/C14H14BrFN2O/c1-14(2,3)13-17-11(15)8-12(18-13)19-10-6-4-5-9(16)7-10/h4-8H,1-3H3. The maximum absolute atomic E-state index is 13.1. The molecule has 0 bridgehead atoms. The SMILES string of the molecule is CC(C)(C)c1nc(Br)cc(Oc2cccc(F)c2)n1. The van der Waals surface area contributed by atoms with Crippen LogP contribution in [-0.4, -0.2) is 9.97 Å². The molecule has 0 N–H and O–H groups in total. The van der Waals surface area contributed by atoms with Gasteiger partial charge in [0.15, 0.2) is 0 Å². The average Bonchev–Trinajstić information content (AvgIpc) is 2.26. The summed E-state index contributed by atoms with van der Waals surface area (Å²) in [6.07, 6.45) is 0. The molecule has 2 rings (SSSR count). The summed E-state index contributed by atoms with van der Waals surface area (Å²) < 4.78 is 19.3. The van der Waals surface area contributed by atoms with Crippen molar-refractivity contribution in [2.24, 2.45) is 0 Å². The van der Waals surface area contributed by atoms with Crippen LogP contribution in [0.25, 0.3) is 0 Å². The molecule has 0 atom stereocenters. The van der Waals surface area contributed by atoms with Crippen LogP contribution < -0.4 is 4.74 Å². The van der Waals surface area contributed by atoms with Gasteiger partial charge in [-0.15, -0.1) is 0 Å². The predicted molar refractivity (Wildman–Crippen MR) is 74.9 cm³/mol. The second-order valence-corrected chi connectivity index (χ2v) is 5.97. The van der Waals surface area contributed by atoms with E-state index in [1.807, 2.05) is 20.8 Å². The van der Waals surface area contributed by atoms with E-state index in [-0.39, 0.29) is 11.2 Å². The molecule has 0 saturated carbocycles. The summed E-state index contributed by atoms with van der Waals surface area (Å²) in [7, 11) is 0. The number of hydrogen-bond acceptors (Lipinski definition) is 3. The van der Waals surface area contributed by atoms with Crippen molar-refractivity contribution in [1.29, 1.82) is 0 Å². The first-order valence-corrected chi connectivity index (χ1v) is 6.62. The molecule has 0 radical (unpaired) electrons. The lowest BCUT2D eigenvalue weighted by Crippen LogP contribution is -2.16. The fraction of sp³-hybridized carbons (Fsp3) is 0.286. The van der Waals surface area contributed by atoms with Gasteiger partial charge in [0.25, 0.3) is 0 Å². The minimum atomic E-state index is -0.346. The van der Waals surface area contributed by atoms with E-state index >= 15 is 0 Å². The molecule has 0 aliphatic heterocycles. The molecule has 3 nitrogen and oxygen atoms in total. The molecule has 0 aliphatic carbocycles. The van der Waals surface area contributed by atoms with Crippen molar-refractivity contribution < 1.29 is 9.13 Å². The lowest BCUT2D eigenvalue weighted by molar-refractivity contribution is 0.441. The van der Waals surface area contributed by atoms with Gasteiger partial charge in [-0.25, -0.2) is 9.37 Å². The van der Waals surface area contributed by atoms with Crippen molar-refractivity contribution in [3.05, 3.63) is 46.6 Å². The van der Waals surface area contributed by atoms with E-state index in [9.17, 15) is 4.39 Å². The predicted octanol–water partition coefficient (Wildman–Crippen LogP) is 4.47. The van der Waals surface area contributed by atoms with Crippen LogP contribution >= 0.6 is 15.9 Å². The van der Waals surface area contributed by atoms with Crippen LogP contribution in [0.5, 0.6) is 11.6 Å². The molecule has 19 heavy (non-hydrogen) atoms. The van der Waals surface area contributed by atoms with E-state index in [2.05, 4.69) is 25.9 Å². The zero-order chi connectivity index (χ0) is 14.0. The Morgan fingerprint density at radius 1 is 1.16 bits per heavy atom. The van der Waals surface area contributed by atoms with Gasteiger partial charge >= 0.3 is 0 Å². The smallest absolute Gasteiger partial charge is 0.223 e. The first-order valence-electron chi connectivity index (χ1n) is 5.83. The van der Waals surface area contributed by atoms with Crippen molar-refractivity contribution in [1.82, 2.24) is 9.97 Å². The van der Waals surface area contributed by atoms with E-state index < -0.39 is 0 Å². The van der Waals surface area contributed by atoms with Gasteiger partial charge < -0.3 is 4.74 Å². The van der Waals surface area contributed by atoms with Crippen LogP contribution in [0.3, 0.4) is 0 Å². The quantitative estimate of drug-likeness (QED) is 0.764. The number of rotatable bonds is 2. The Bertz CT molecular complexity index is 596. The van der Waals surface area contributed by atoms with Gasteiger partial charge in [-0.1, -0.05) is 26.8 Å². The largest absolute Gasteiger partial charge is 0.439 e. The van der Waals surface area contributed by atoms with Gasteiger partial charge in [0.1, 0.15) is 22.0 Å². The Balaban J connectivity index is 2.33. The Morgan fingerprint density at radius 3 is 2.53 bits per heavy atom. The summed E-state index contributed by atoms with van der Waals surface area (Å²) >= 11 is 3.33. The summed E-state index contributed by atoms with van der Waals surface area (Å²) in [5.41, 5.74) is -0.191. The van der Waals surface area contributed by atoms with Crippen molar-refractivity contribution >= 4 is 15.9 Å². The highest BCUT2D eigenvalue weighted by Crippen LogP contribution is 2.26. The zero-order valence-corrected chi connectivity index (χ0v) is 12.5. The van der Waals surface area contributed by atoms with Crippen molar-refractivity contribution in [3.63, 3.8) is 0 Å². The first-order chi connectivity index (χ1) is 8.84. The molecule has 0 fully saturated rings. The molecular weight excluding hydrogens is 311 g/mol. The molecule has 2 aromatic rings. The molecule has 0 aliphatic rings. The van der Waals surface area contributed by atoms with Crippen molar-refractivity contribution in [2.45, 2.75) is 26.2 Å². The van der Waals surface area contributed by atoms with Gasteiger partial charge in [-0.05, 0) is 28.1 Å². The zero-order valence-electron chi connectivity index (χ0n) is 10.9. The Kier molecular flexibility index (Phi) is 3.85. The molecule has 0 amide bonds. The first kappa shape index (κ1) is 13.9. The van der Waals surface area contributed by atoms with Crippen molar-refractivity contribution in [3.8, 4) is 11.6 Å². The van der Waals surface area contributed by atoms with E-state index in [0.29, 0.717) is 22.1 Å². The summed E-state index contributed by atoms with van der Waals surface area (Å²) in [5, 5.41) is 0. The van der Waals surface area contributed by atoms with Crippen LogP contribution in [-0.2, 0) is 5.41 Å². The molecule has 1 aromatic carbocycles.